The average Bonchev–Trinajstić information content (AvgIpc) is 3.18. The molecule has 0 saturated heterocycles. The highest BCUT2D eigenvalue weighted by molar-refractivity contribution is 7.13. The fourth-order valence-corrected chi connectivity index (χ4v) is 3.00. The van der Waals surface area contributed by atoms with E-state index in [9.17, 15) is 9.90 Å². The lowest BCUT2D eigenvalue weighted by molar-refractivity contribution is -0.115. The van der Waals surface area contributed by atoms with Crippen molar-refractivity contribution in [2.24, 2.45) is 0 Å². The molecule has 0 aliphatic rings. The molecular weight excluding hydrogens is 370 g/mol. The number of unbranched alkanes of at least 4 members (excludes halogenated alkanes) is 1. The molecule has 5 nitrogen and oxygen atoms in total. The minimum atomic E-state index is -2.77. The number of carbonyl (C=O) groups is 1. The number of hydrogen-bond donors (Lipinski definition) is 3. The van der Waals surface area contributed by atoms with Gasteiger partial charge >= 0.3 is 0 Å². The smallest absolute Gasteiger partial charge is 0.230 e. The number of nitrogens with one attached hydrogen (secondary N) is 1. The van der Waals surface area contributed by atoms with E-state index in [1.54, 1.807) is 0 Å². The molecular formula is C22H25N3O2S. The Balaban J connectivity index is 1.72. The third-order valence-electron chi connectivity index (χ3n) is 3.96. The minimum absolute atomic E-state index is 0.0773. The summed E-state index contributed by atoms with van der Waals surface area (Å²) >= 11 is 0.706. The fourth-order valence-electron chi connectivity index (χ4n) is 2.57. The average molecular weight is 403 g/mol. The van der Waals surface area contributed by atoms with Crippen LogP contribution >= 0.6 is 11.3 Å². The van der Waals surface area contributed by atoms with Crippen molar-refractivity contribution in [1.82, 2.24) is 4.98 Å². The molecule has 0 unspecified atom stereocenters. The molecule has 0 aliphatic heterocycles. The number of aliphatic hydroxyl groups excluding tert-OH is 1. The zero-order valence-electron chi connectivity index (χ0n) is 22.1. The lowest BCUT2D eigenvalue weighted by atomic mass is 10.0. The molecule has 4 N–H and O–H groups in total. The first-order valence-corrected chi connectivity index (χ1v) is 9.63. The van der Waals surface area contributed by atoms with Gasteiger partial charge in [0, 0.05) is 13.8 Å². The summed E-state index contributed by atoms with van der Waals surface area (Å²) in [5.41, 5.74) is 5.54. The van der Waals surface area contributed by atoms with Crippen LogP contribution in [0.2, 0.25) is 0 Å². The highest BCUT2D eigenvalue weighted by Crippen LogP contribution is 2.20. The van der Waals surface area contributed by atoms with E-state index in [0.29, 0.717) is 30.6 Å². The zero-order chi connectivity index (χ0) is 25.9. The number of aliphatic hydroxyl groups is 1. The fraction of sp³-hybridized carbons (Fsp3) is 0.273. The van der Waals surface area contributed by atoms with Gasteiger partial charge in [-0.25, -0.2) is 4.98 Å². The van der Waals surface area contributed by atoms with E-state index < -0.39 is 41.9 Å². The molecule has 1 amide bonds. The summed E-state index contributed by atoms with van der Waals surface area (Å²) < 4.78 is 57.0. The van der Waals surface area contributed by atoms with Crippen LogP contribution in [0.1, 0.15) is 51.8 Å². The molecule has 6 heteroatoms. The molecule has 28 heavy (non-hydrogen) atoms. The lowest BCUT2D eigenvalue weighted by Crippen LogP contribution is -2.14. The van der Waals surface area contributed by atoms with Gasteiger partial charge < -0.3 is 16.2 Å². The summed E-state index contributed by atoms with van der Waals surface area (Å²) in [5, 5.41) is 12.0. The van der Waals surface area contributed by atoms with E-state index in [1.165, 1.54) is 0 Å². The highest BCUT2D eigenvalue weighted by atomic mass is 32.1. The van der Waals surface area contributed by atoms with E-state index in [1.807, 2.05) is 30.3 Å². The second-order valence-electron chi connectivity index (χ2n) is 6.11. The van der Waals surface area contributed by atoms with Crippen LogP contribution < -0.4 is 11.1 Å². The van der Waals surface area contributed by atoms with Crippen molar-refractivity contribution in [1.29, 1.82) is 0 Å². The molecule has 0 aliphatic carbocycles. The van der Waals surface area contributed by atoms with Crippen LogP contribution in [0.25, 0.3) is 0 Å². The molecule has 3 rings (SSSR count). The summed E-state index contributed by atoms with van der Waals surface area (Å²) in [5.74, 6) is -1.28. The van der Waals surface area contributed by atoms with Gasteiger partial charge in [0.25, 0.3) is 0 Å². The number of nitrogens with two attached hydrogens (primary N) is 1. The van der Waals surface area contributed by atoms with Crippen LogP contribution in [-0.2, 0) is 17.6 Å². The van der Waals surface area contributed by atoms with E-state index in [0.717, 1.165) is 5.56 Å². The Bertz CT molecular complexity index is 1190. The van der Waals surface area contributed by atoms with Gasteiger partial charge in [-0.15, -0.1) is 11.3 Å². The van der Waals surface area contributed by atoms with E-state index >= 15 is 0 Å². The van der Waals surface area contributed by atoms with Crippen LogP contribution in [0.5, 0.6) is 0 Å². The number of thiazole rings is 1. The summed E-state index contributed by atoms with van der Waals surface area (Å²) in [6.45, 7) is 0. The van der Waals surface area contributed by atoms with Crippen molar-refractivity contribution in [2.75, 3.05) is 11.1 Å². The van der Waals surface area contributed by atoms with Crippen molar-refractivity contribution in [3.8, 4) is 0 Å². The summed E-state index contributed by atoms with van der Waals surface area (Å²) in [6.07, 6.45) is -1.56. The van der Waals surface area contributed by atoms with Crippen LogP contribution in [0, 0.1) is 0 Å². The van der Waals surface area contributed by atoms with Crippen LogP contribution in [0.3, 0.4) is 0 Å². The van der Waals surface area contributed by atoms with Crippen molar-refractivity contribution in [2.45, 2.75) is 38.2 Å². The third kappa shape index (κ3) is 6.18. The standard InChI is InChI=1S/C22H25N3O2S/c23-22-25-19(15-28-22)14-21(27)24-18-12-10-16(11-13-18)6-4-5-9-20(26)17-7-2-1-3-8-17/h1-3,7-8,10-13,15,20,26H,4-6,9,14H2,(H2,23,25)(H,24,27)/t20-/m0/s1/i10D,11D,12D,13D,14D2,15D. The Hall–Kier alpha value is -2.70. The molecule has 0 fully saturated rings. The molecule has 1 heterocycles. The van der Waals surface area contributed by atoms with Gasteiger partial charge in [0.1, 0.15) is 0 Å². The van der Waals surface area contributed by atoms with E-state index in [2.05, 4.69) is 10.3 Å². The maximum atomic E-state index is 12.6. The van der Waals surface area contributed by atoms with Gasteiger partial charge in [0.15, 0.2) is 5.13 Å². The van der Waals surface area contributed by atoms with E-state index in [4.69, 9.17) is 15.3 Å². The second kappa shape index (κ2) is 10.0. The number of carbonyl (C=O) groups excluding carboxylic acids is 1. The van der Waals surface area contributed by atoms with Gasteiger partial charge in [-0.05, 0) is 42.5 Å². The molecule has 1 aromatic heterocycles. The van der Waals surface area contributed by atoms with Crippen LogP contribution in [0.4, 0.5) is 10.8 Å². The summed E-state index contributed by atoms with van der Waals surface area (Å²) in [6, 6.07) is 7.54. The molecule has 0 bridgehead atoms. The van der Waals surface area contributed by atoms with Gasteiger partial charge in [0.2, 0.25) is 5.91 Å². The topological polar surface area (TPSA) is 88.2 Å². The number of benzene rings is 2. The summed E-state index contributed by atoms with van der Waals surface area (Å²) in [4.78, 5) is 16.3. The predicted octanol–water partition coefficient (Wildman–Crippen LogP) is 4.35. The SMILES string of the molecule is [2H]c1sc(N)nc1C([2H])([2H])C(=O)Nc1c([2H])c([2H])c(CCCC[C@H](O)c2ccccc2)c([2H])c1[2H]. The Morgan fingerprint density at radius 2 is 2.00 bits per heavy atom. The number of nitrogens with zero attached hydrogens (tertiary/aromatic N) is 1. The van der Waals surface area contributed by atoms with Gasteiger partial charge in [0.05, 0.1) is 25.0 Å². The van der Waals surface area contributed by atoms with E-state index in [-0.39, 0.29) is 34.6 Å². The first kappa shape index (κ1) is 12.7. The van der Waals surface area contributed by atoms with Crippen molar-refractivity contribution in [3.05, 3.63) is 76.7 Å². The number of hydrogen-bond acceptors (Lipinski definition) is 5. The maximum absolute atomic E-state index is 12.6. The number of nitrogen functional groups attached to an aromatic ring is 1. The van der Waals surface area contributed by atoms with Crippen molar-refractivity contribution >= 4 is 28.1 Å². The number of aromatic nitrogens is 1. The Morgan fingerprint density at radius 1 is 1.25 bits per heavy atom. The predicted molar refractivity (Wildman–Crippen MR) is 114 cm³/mol. The Morgan fingerprint density at radius 3 is 2.68 bits per heavy atom. The number of rotatable bonds is 9. The Labute approximate surface area is 179 Å². The minimum Gasteiger partial charge on any atom is -0.388 e. The molecule has 0 spiro atoms. The lowest BCUT2D eigenvalue weighted by Gasteiger charge is -2.10. The molecule has 0 saturated carbocycles. The normalized spacial score (nSPS) is 16.0. The number of amides is 1. The Kier molecular flexibility index (Phi) is 4.54. The highest BCUT2D eigenvalue weighted by Gasteiger charge is 2.08. The van der Waals surface area contributed by atoms with Gasteiger partial charge in [-0.3, -0.25) is 4.79 Å². The first-order chi connectivity index (χ1) is 16.4. The molecule has 0 radical (unpaired) electrons. The summed E-state index contributed by atoms with van der Waals surface area (Å²) in [7, 11) is 0. The quantitative estimate of drug-likeness (QED) is 0.464. The maximum Gasteiger partial charge on any atom is 0.230 e. The zero-order valence-corrected chi connectivity index (χ0v) is 15.9. The molecule has 146 valence electrons. The monoisotopic (exact) mass is 402 g/mol. The molecule has 3 aromatic rings. The van der Waals surface area contributed by atoms with Gasteiger partial charge in [-0.1, -0.05) is 48.8 Å². The molecule has 2 aromatic carbocycles. The van der Waals surface area contributed by atoms with Gasteiger partial charge in [-0.2, -0.15) is 0 Å². The van der Waals surface area contributed by atoms with Crippen LogP contribution in [-0.4, -0.2) is 16.0 Å². The van der Waals surface area contributed by atoms with Crippen LogP contribution in [0.15, 0.2) is 59.9 Å². The van der Waals surface area contributed by atoms with Crippen molar-refractivity contribution < 1.29 is 19.5 Å². The number of anilines is 2. The largest absolute Gasteiger partial charge is 0.388 e. The second-order valence-corrected chi connectivity index (χ2v) is 6.93. The molecule has 1 atom stereocenters. The first-order valence-electron chi connectivity index (χ1n) is 12.3. The third-order valence-corrected chi connectivity index (χ3v) is 4.56. The van der Waals surface area contributed by atoms with Crippen molar-refractivity contribution in [3.63, 3.8) is 0 Å².